The molecule has 1 unspecified atom stereocenters. The third-order valence-electron chi connectivity index (χ3n) is 10.0. The van der Waals surface area contributed by atoms with Crippen LogP contribution in [0.1, 0.15) is 74.5 Å². The molecule has 0 aliphatic carbocycles. The highest BCUT2D eigenvalue weighted by Crippen LogP contribution is 2.38. The van der Waals surface area contributed by atoms with Crippen molar-refractivity contribution in [2.24, 2.45) is 18.2 Å². The van der Waals surface area contributed by atoms with E-state index in [9.17, 15) is 22.8 Å². The zero-order chi connectivity index (χ0) is 35.2. The molecule has 0 spiro atoms. The molecule has 14 heteroatoms. The lowest BCUT2D eigenvalue weighted by Crippen LogP contribution is -2.53. The Kier molecular flexibility index (Phi) is 9.40. The van der Waals surface area contributed by atoms with Crippen LogP contribution in [0.2, 0.25) is 0 Å². The predicted octanol–water partition coefficient (Wildman–Crippen LogP) is 5.50. The minimum Gasteiger partial charge on any atom is -0.494 e. The number of hydrogen-bond donors (Lipinski definition) is 2. The summed E-state index contributed by atoms with van der Waals surface area (Å²) >= 11 is 0. The van der Waals surface area contributed by atoms with Crippen LogP contribution in [0.5, 0.6) is 5.75 Å². The maximum Gasteiger partial charge on any atom is 0.414 e. The lowest BCUT2D eigenvalue weighted by atomic mass is 9.85. The minimum absolute atomic E-state index is 0.112. The number of aryl methyl sites for hydroxylation is 2. The van der Waals surface area contributed by atoms with Crippen molar-refractivity contribution < 1.29 is 32.2 Å². The van der Waals surface area contributed by atoms with Crippen LogP contribution in [0.4, 0.5) is 13.2 Å². The first-order valence-corrected chi connectivity index (χ1v) is 16.7. The molecule has 3 atom stereocenters. The summed E-state index contributed by atoms with van der Waals surface area (Å²) in [5.74, 6) is 0.163. The topological polar surface area (TPSA) is 130 Å². The molecular weight excluding hydrogens is 639 g/mol. The number of amides is 2. The van der Waals surface area contributed by atoms with Gasteiger partial charge in [-0.1, -0.05) is 33.1 Å². The first-order valence-electron chi connectivity index (χ1n) is 16.7. The van der Waals surface area contributed by atoms with E-state index < -0.39 is 23.5 Å². The zero-order valence-corrected chi connectivity index (χ0v) is 28.6. The summed E-state index contributed by atoms with van der Waals surface area (Å²) in [6.45, 7) is 4.73. The summed E-state index contributed by atoms with van der Waals surface area (Å²) < 4.78 is 58.3. The number of alkyl halides is 3. The quantitative estimate of drug-likeness (QED) is 0.291. The number of imidazole rings is 1. The van der Waals surface area contributed by atoms with E-state index in [2.05, 4.69) is 10.3 Å². The Balaban J connectivity index is 1.44. The summed E-state index contributed by atoms with van der Waals surface area (Å²) in [6, 6.07) is 5.67. The summed E-state index contributed by atoms with van der Waals surface area (Å²) in [5.41, 5.74) is 7.68. The SMILES string of the molecule is COc1cc(C(=O)N2CC[C@@H](OC)[C@@H](N)C2)cc2nc(-c3cc4ccc5nc4n3CCCCCCC(C)(C)C(=O)NC5C(F)(F)F)n(C)c12. The molecule has 1 fully saturated rings. The molecule has 4 aromatic rings. The lowest BCUT2D eigenvalue weighted by Gasteiger charge is -2.36. The summed E-state index contributed by atoms with van der Waals surface area (Å²) in [4.78, 5) is 38.0. The summed E-state index contributed by atoms with van der Waals surface area (Å²) in [7, 11) is 4.99. The Labute approximate surface area is 282 Å². The first kappa shape index (κ1) is 34.7. The zero-order valence-electron chi connectivity index (χ0n) is 28.6. The van der Waals surface area contributed by atoms with Crippen LogP contribution in [-0.4, -0.2) is 81.4 Å². The van der Waals surface area contributed by atoms with Gasteiger partial charge in [0.15, 0.2) is 11.9 Å². The fraction of sp³-hybridized carbons (Fsp3) is 0.543. The number of carbonyl (C=O) groups excluding carboxylic acids is 2. The van der Waals surface area contributed by atoms with Crippen molar-refractivity contribution in [1.82, 2.24) is 29.3 Å². The number of halogens is 3. The van der Waals surface area contributed by atoms with Crippen LogP contribution in [-0.2, 0) is 23.1 Å². The van der Waals surface area contributed by atoms with Gasteiger partial charge in [0.1, 0.15) is 16.9 Å². The number of nitrogens with one attached hydrogen (secondary N) is 1. The van der Waals surface area contributed by atoms with E-state index >= 15 is 0 Å². The van der Waals surface area contributed by atoms with Gasteiger partial charge < -0.3 is 34.6 Å². The molecule has 2 aliphatic heterocycles. The van der Waals surface area contributed by atoms with Gasteiger partial charge in [-0.15, -0.1) is 0 Å². The van der Waals surface area contributed by atoms with E-state index in [1.165, 1.54) is 13.2 Å². The van der Waals surface area contributed by atoms with Gasteiger partial charge in [0.05, 0.1) is 30.1 Å². The number of likely N-dealkylation sites (tertiary alicyclic amines) is 1. The van der Waals surface area contributed by atoms with Gasteiger partial charge in [0.2, 0.25) is 5.91 Å². The van der Waals surface area contributed by atoms with Crippen molar-refractivity contribution in [2.75, 3.05) is 27.3 Å². The number of fused-ring (bicyclic) bond motifs is 2. The third-order valence-corrected chi connectivity index (χ3v) is 10.0. The molecule has 2 aliphatic rings. The maximum atomic E-state index is 14.4. The summed E-state index contributed by atoms with van der Waals surface area (Å²) in [5, 5.41) is 2.90. The van der Waals surface area contributed by atoms with E-state index in [1.807, 2.05) is 22.2 Å². The molecule has 6 rings (SSSR count). The lowest BCUT2D eigenvalue weighted by molar-refractivity contribution is -0.167. The molecule has 1 saturated heterocycles. The minimum atomic E-state index is -4.75. The monoisotopic (exact) mass is 683 g/mol. The Morgan fingerprint density at radius 2 is 1.82 bits per heavy atom. The van der Waals surface area contributed by atoms with Crippen molar-refractivity contribution in [2.45, 2.75) is 83.3 Å². The normalized spacial score (nSPS) is 22.3. The first-order chi connectivity index (χ1) is 23.2. The standard InChI is InChI=1S/C35H44F3N7O4/c1-34(2)13-8-6-7-9-14-45-25(17-20-10-11-23(40-30(20)45)29(35(36,37)38)42-33(34)47)31-41-24-16-21(18-27(49-5)28(24)43(31)3)32(46)44-15-12-26(48-4)22(39)19-44/h10-11,16-18,22,26,29H,6-9,12-15,19,39H2,1-5H3,(H,42,47)/t22-,26+,29?/m0/s1. The number of carbonyl (C=O) groups is 2. The third kappa shape index (κ3) is 6.60. The highest BCUT2D eigenvalue weighted by molar-refractivity contribution is 6.00. The molecule has 1 aromatic carbocycles. The molecule has 2 bridgehead atoms. The highest BCUT2D eigenvalue weighted by atomic mass is 19.4. The summed E-state index contributed by atoms with van der Waals surface area (Å²) in [6.07, 6.45) is -0.584. The second kappa shape index (κ2) is 13.3. The van der Waals surface area contributed by atoms with Crippen LogP contribution < -0.4 is 15.8 Å². The van der Waals surface area contributed by atoms with Gasteiger partial charge in [-0.25, -0.2) is 9.97 Å². The van der Waals surface area contributed by atoms with E-state index in [4.69, 9.17) is 20.2 Å². The van der Waals surface area contributed by atoms with Gasteiger partial charge in [0, 0.05) is 56.2 Å². The van der Waals surface area contributed by atoms with Gasteiger partial charge in [-0.05, 0) is 49.6 Å². The molecular formula is C35H44F3N7O4. The van der Waals surface area contributed by atoms with Crippen molar-refractivity contribution in [3.63, 3.8) is 0 Å². The fourth-order valence-corrected chi connectivity index (χ4v) is 7.11. The van der Waals surface area contributed by atoms with Gasteiger partial charge in [-0.2, -0.15) is 13.2 Å². The molecule has 3 N–H and O–H groups in total. The number of pyridine rings is 1. The van der Waals surface area contributed by atoms with Gasteiger partial charge in [-0.3, -0.25) is 9.59 Å². The van der Waals surface area contributed by atoms with Crippen LogP contribution in [0, 0.1) is 5.41 Å². The number of piperidine rings is 1. The molecule has 3 aromatic heterocycles. The Morgan fingerprint density at radius 1 is 1.06 bits per heavy atom. The van der Waals surface area contributed by atoms with Crippen LogP contribution in [0.3, 0.4) is 0 Å². The average molecular weight is 684 g/mol. The van der Waals surface area contributed by atoms with Crippen LogP contribution in [0.25, 0.3) is 33.6 Å². The van der Waals surface area contributed by atoms with E-state index in [0.717, 1.165) is 25.7 Å². The van der Waals surface area contributed by atoms with E-state index in [0.29, 0.717) is 77.4 Å². The van der Waals surface area contributed by atoms with Crippen LogP contribution >= 0.6 is 0 Å². The number of ether oxygens (including phenoxy) is 2. The largest absolute Gasteiger partial charge is 0.494 e. The number of rotatable bonds is 4. The van der Waals surface area contributed by atoms with Gasteiger partial charge in [0.25, 0.3) is 5.91 Å². The van der Waals surface area contributed by atoms with Crippen LogP contribution in [0.15, 0.2) is 30.3 Å². The predicted molar refractivity (Wildman–Crippen MR) is 179 cm³/mol. The molecule has 5 heterocycles. The number of methoxy groups -OCH3 is 2. The molecule has 0 saturated carbocycles. The van der Waals surface area contributed by atoms with Gasteiger partial charge >= 0.3 is 6.18 Å². The number of nitrogens with zero attached hydrogens (tertiary/aromatic N) is 5. The van der Waals surface area contributed by atoms with Crippen molar-refractivity contribution >= 4 is 33.9 Å². The molecule has 11 nitrogen and oxygen atoms in total. The fourth-order valence-electron chi connectivity index (χ4n) is 7.11. The number of nitrogens with two attached hydrogens (primary N) is 1. The molecule has 2 amide bonds. The molecule has 0 radical (unpaired) electrons. The Hall–Kier alpha value is -4.17. The van der Waals surface area contributed by atoms with Crippen molar-refractivity contribution in [1.29, 1.82) is 0 Å². The Bertz CT molecular complexity index is 1880. The second-order valence-corrected chi connectivity index (χ2v) is 13.8. The van der Waals surface area contributed by atoms with E-state index in [-0.39, 0.29) is 23.7 Å². The maximum absolute atomic E-state index is 14.4. The number of hydrogen-bond acceptors (Lipinski definition) is 7. The average Bonchev–Trinajstić information content (AvgIpc) is 3.59. The highest BCUT2D eigenvalue weighted by Gasteiger charge is 2.45. The van der Waals surface area contributed by atoms with E-state index in [1.54, 1.807) is 44.1 Å². The number of aromatic nitrogens is 4. The molecule has 264 valence electrons. The number of benzene rings is 1. The smallest absolute Gasteiger partial charge is 0.414 e. The van der Waals surface area contributed by atoms with Crippen molar-refractivity contribution in [3.8, 4) is 17.3 Å². The van der Waals surface area contributed by atoms with Crippen molar-refractivity contribution in [3.05, 3.63) is 41.6 Å². The molecule has 49 heavy (non-hydrogen) atoms. The second-order valence-electron chi connectivity index (χ2n) is 13.8. The Morgan fingerprint density at radius 3 is 2.51 bits per heavy atom.